The van der Waals surface area contributed by atoms with Crippen LogP contribution < -0.4 is 5.32 Å². The Morgan fingerprint density at radius 1 is 1.35 bits per heavy atom. The van der Waals surface area contributed by atoms with Crippen LogP contribution in [0.4, 0.5) is 5.69 Å². The number of benzene rings is 1. The minimum Gasteiger partial charge on any atom is -0.318 e. The first-order chi connectivity index (χ1) is 7.99. The van der Waals surface area contributed by atoms with Gasteiger partial charge in [-0.05, 0) is 18.1 Å². The third kappa shape index (κ3) is 2.48. The standard InChI is InChI=1S/C12H12ClNO2S/c1-6(2)5-17-10-4-9-7(3-8(10)13)11(15)12(16)14-9/h3-4,6H,5H2,1-2H3,(H,14,15,16). The minimum atomic E-state index is -0.581. The molecule has 0 radical (unpaired) electrons. The monoisotopic (exact) mass is 269 g/mol. The molecule has 1 aromatic carbocycles. The first-order valence-corrected chi connectivity index (χ1v) is 6.67. The average molecular weight is 270 g/mol. The molecule has 0 unspecified atom stereocenters. The molecule has 90 valence electrons. The molecule has 5 heteroatoms. The Kier molecular flexibility index (Phi) is 3.45. The molecule has 0 saturated heterocycles. The molecular formula is C12H12ClNO2S. The zero-order valence-electron chi connectivity index (χ0n) is 9.54. The van der Waals surface area contributed by atoms with Gasteiger partial charge in [0.05, 0.1) is 16.3 Å². The zero-order valence-corrected chi connectivity index (χ0v) is 11.1. The maximum absolute atomic E-state index is 11.4. The van der Waals surface area contributed by atoms with Crippen LogP contribution in [0, 0.1) is 5.92 Å². The molecule has 0 atom stereocenters. The highest BCUT2D eigenvalue weighted by atomic mass is 35.5. The molecule has 17 heavy (non-hydrogen) atoms. The van der Waals surface area contributed by atoms with Crippen molar-refractivity contribution in [2.75, 3.05) is 11.1 Å². The molecule has 3 nitrogen and oxygen atoms in total. The Labute approximate surface area is 109 Å². The van der Waals surface area contributed by atoms with Gasteiger partial charge in [-0.3, -0.25) is 9.59 Å². The second-order valence-corrected chi connectivity index (χ2v) is 5.79. The Hall–Kier alpha value is -1.00. The summed E-state index contributed by atoms with van der Waals surface area (Å²) < 4.78 is 0. The molecule has 0 aliphatic carbocycles. The summed E-state index contributed by atoms with van der Waals surface area (Å²) in [4.78, 5) is 23.6. The predicted octanol–water partition coefficient (Wildman–Crippen LogP) is 3.22. The summed E-state index contributed by atoms with van der Waals surface area (Å²) in [5.41, 5.74) is 0.935. The van der Waals surface area contributed by atoms with Crippen LogP contribution in [0.1, 0.15) is 24.2 Å². The SMILES string of the molecule is CC(C)CSc1cc2c(cc1Cl)C(=O)C(=O)N2. The van der Waals surface area contributed by atoms with E-state index in [1.807, 2.05) is 0 Å². The van der Waals surface area contributed by atoms with Crippen molar-refractivity contribution in [3.63, 3.8) is 0 Å². The van der Waals surface area contributed by atoms with Crippen molar-refractivity contribution in [2.45, 2.75) is 18.7 Å². The third-order valence-corrected chi connectivity index (χ3v) is 4.25. The highest BCUT2D eigenvalue weighted by Gasteiger charge is 2.29. The molecule has 2 rings (SSSR count). The topological polar surface area (TPSA) is 46.2 Å². The minimum absolute atomic E-state index is 0.369. The van der Waals surface area contributed by atoms with Crippen molar-refractivity contribution in [3.8, 4) is 0 Å². The van der Waals surface area contributed by atoms with E-state index in [1.54, 1.807) is 23.9 Å². The molecule has 0 spiro atoms. The van der Waals surface area contributed by atoms with Crippen molar-refractivity contribution in [3.05, 3.63) is 22.7 Å². The molecule has 1 N–H and O–H groups in total. The van der Waals surface area contributed by atoms with Crippen LogP contribution in [-0.2, 0) is 4.79 Å². The number of carbonyl (C=O) groups excluding carboxylic acids is 2. The van der Waals surface area contributed by atoms with Gasteiger partial charge in [0.2, 0.25) is 0 Å². The summed E-state index contributed by atoms with van der Waals surface area (Å²) in [5, 5.41) is 3.07. The smallest absolute Gasteiger partial charge is 0.296 e. The maximum Gasteiger partial charge on any atom is 0.296 e. The fourth-order valence-corrected chi connectivity index (χ4v) is 2.75. The van der Waals surface area contributed by atoms with Gasteiger partial charge in [0.15, 0.2) is 0 Å². The van der Waals surface area contributed by atoms with Crippen LogP contribution in [0.2, 0.25) is 5.02 Å². The molecule has 1 amide bonds. The second-order valence-electron chi connectivity index (χ2n) is 4.32. The Morgan fingerprint density at radius 2 is 2.06 bits per heavy atom. The molecule has 0 bridgehead atoms. The highest BCUT2D eigenvalue weighted by Crippen LogP contribution is 2.35. The molecule has 1 aliphatic rings. The van der Waals surface area contributed by atoms with Crippen molar-refractivity contribution in [2.24, 2.45) is 5.92 Å². The van der Waals surface area contributed by atoms with Crippen molar-refractivity contribution in [1.82, 2.24) is 0 Å². The lowest BCUT2D eigenvalue weighted by molar-refractivity contribution is -0.112. The summed E-state index contributed by atoms with van der Waals surface area (Å²) in [7, 11) is 0. The van der Waals surface area contributed by atoms with Crippen molar-refractivity contribution in [1.29, 1.82) is 0 Å². The first kappa shape index (κ1) is 12.5. The predicted molar refractivity (Wildman–Crippen MR) is 70.0 cm³/mol. The van der Waals surface area contributed by atoms with E-state index in [0.29, 0.717) is 22.2 Å². The quantitative estimate of drug-likeness (QED) is 0.677. The summed E-state index contributed by atoms with van der Waals surface area (Å²) in [6.45, 7) is 4.25. The average Bonchev–Trinajstić information content (AvgIpc) is 2.52. The summed E-state index contributed by atoms with van der Waals surface area (Å²) in [6, 6.07) is 3.34. The molecule has 0 saturated carbocycles. The van der Waals surface area contributed by atoms with Gasteiger partial charge in [-0.15, -0.1) is 11.8 Å². The largest absolute Gasteiger partial charge is 0.318 e. The van der Waals surface area contributed by atoms with Crippen LogP contribution in [0.5, 0.6) is 0 Å². The fraction of sp³-hybridized carbons (Fsp3) is 0.333. The Morgan fingerprint density at radius 3 is 2.71 bits per heavy atom. The van der Waals surface area contributed by atoms with Crippen LogP contribution in [0.3, 0.4) is 0 Å². The lowest BCUT2D eigenvalue weighted by Crippen LogP contribution is -2.12. The van der Waals surface area contributed by atoms with E-state index >= 15 is 0 Å². The molecule has 0 fully saturated rings. The number of thioether (sulfide) groups is 1. The number of ketones is 1. The van der Waals surface area contributed by atoms with Gasteiger partial charge < -0.3 is 5.32 Å². The molecule has 0 aromatic heterocycles. The molecule has 1 heterocycles. The number of carbonyl (C=O) groups is 2. The lowest BCUT2D eigenvalue weighted by atomic mass is 10.1. The summed E-state index contributed by atoms with van der Waals surface area (Å²) >= 11 is 7.72. The molecular weight excluding hydrogens is 258 g/mol. The number of halogens is 1. The number of hydrogen-bond acceptors (Lipinski definition) is 3. The lowest BCUT2D eigenvalue weighted by Gasteiger charge is -2.08. The van der Waals surface area contributed by atoms with Crippen LogP contribution in [0.15, 0.2) is 17.0 Å². The Bertz CT molecular complexity index is 500. The van der Waals surface area contributed by atoms with Gasteiger partial charge in [-0.1, -0.05) is 25.4 Å². The number of rotatable bonds is 3. The number of anilines is 1. The van der Waals surface area contributed by atoms with E-state index < -0.39 is 11.7 Å². The number of fused-ring (bicyclic) bond motifs is 1. The van der Waals surface area contributed by atoms with E-state index in [-0.39, 0.29) is 0 Å². The third-order valence-electron chi connectivity index (χ3n) is 2.34. The summed E-state index contributed by atoms with van der Waals surface area (Å²) in [6.07, 6.45) is 0. The van der Waals surface area contributed by atoms with E-state index in [1.165, 1.54) is 0 Å². The highest BCUT2D eigenvalue weighted by molar-refractivity contribution is 7.99. The van der Waals surface area contributed by atoms with E-state index in [4.69, 9.17) is 11.6 Å². The first-order valence-electron chi connectivity index (χ1n) is 5.31. The number of nitrogens with one attached hydrogen (secondary N) is 1. The van der Waals surface area contributed by atoms with Crippen LogP contribution in [-0.4, -0.2) is 17.4 Å². The number of Topliss-reactive ketones (excluding diaryl/α,β-unsaturated/α-hetero) is 1. The Balaban J connectivity index is 2.30. The van der Waals surface area contributed by atoms with Crippen molar-refractivity contribution < 1.29 is 9.59 Å². The molecule has 1 aliphatic heterocycles. The zero-order chi connectivity index (χ0) is 12.6. The van der Waals surface area contributed by atoms with Gasteiger partial charge in [0.1, 0.15) is 0 Å². The van der Waals surface area contributed by atoms with E-state index in [2.05, 4.69) is 19.2 Å². The van der Waals surface area contributed by atoms with Gasteiger partial charge in [-0.25, -0.2) is 0 Å². The maximum atomic E-state index is 11.4. The normalized spacial score (nSPS) is 14.1. The molecule has 1 aromatic rings. The van der Waals surface area contributed by atoms with Crippen LogP contribution >= 0.6 is 23.4 Å². The van der Waals surface area contributed by atoms with Crippen LogP contribution in [0.25, 0.3) is 0 Å². The van der Waals surface area contributed by atoms with E-state index in [9.17, 15) is 9.59 Å². The van der Waals surface area contributed by atoms with Crippen molar-refractivity contribution >= 4 is 40.7 Å². The number of amides is 1. The second kappa shape index (κ2) is 4.70. The fourth-order valence-electron chi connectivity index (χ4n) is 1.51. The van der Waals surface area contributed by atoms with Gasteiger partial charge >= 0.3 is 0 Å². The number of hydrogen-bond donors (Lipinski definition) is 1. The van der Waals surface area contributed by atoms with Gasteiger partial charge in [-0.2, -0.15) is 0 Å². The summed E-state index contributed by atoms with van der Waals surface area (Å²) in [5.74, 6) is 0.408. The van der Waals surface area contributed by atoms with Gasteiger partial charge in [0.25, 0.3) is 11.7 Å². The van der Waals surface area contributed by atoms with Gasteiger partial charge in [0, 0.05) is 10.6 Å². The van der Waals surface area contributed by atoms with E-state index in [0.717, 1.165) is 10.6 Å².